The van der Waals surface area contributed by atoms with Crippen molar-refractivity contribution in [2.75, 3.05) is 13.6 Å². The molecule has 2 heterocycles. The molecule has 0 radical (unpaired) electrons. The molecule has 2 aromatic rings. The second kappa shape index (κ2) is 6.47. The van der Waals surface area contributed by atoms with Gasteiger partial charge in [-0.1, -0.05) is 6.07 Å². The molecule has 0 aliphatic heterocycles. The topological polar surface area (TPSA) is 37.8 Å². The number of aromatic nitrogens is 2. The van der Waals surface area contributed by atoms with Gasteiger partial charge in [-0.3, -0.25) is 4.98 Å². The lowest BCUT2D eigenvalue weighted by molar-refractivity contribution is 0.676. The summed E-state index contributed by atoms with van der Waals surface area (Å²) in [7, 11) is 1.99. The number of rotatable bonds is 6. The minimum absolute atomic E-state index is 0.963. The summed E-state index contributed by atoms with van der Waals surface area (Å²) in [4.78, 5) is 8.92. The van der Waals surface area contributed by atoms with Crippen molar-refractivity contribution < 1.29 is 0 Å². The first kappa shape index (κ1) is 12.2. The summed E-state index contributed by atoms with van der Waals surface area (Å²) in [6.45, 7) is 1.08. The van der Waals surface area contributed by atoms with E-state index < -0.39 is 0 Å². The normalized spacial score (nSPS) is 10.6. The molecule has 4 heteroatoms. The van der Waals surface area contributed by atoms with Gasteiger partial charge in [0, 0.05) is 11.6 Å². The Bertz CT molecular complexity index is 439. The van der Waals surface area contributed by atoms with Gasteiger partial charge in [-0.15, -0.1) is 11.3 Å². The van der Waals surface area contributed by atoms with E-state index >= 15 is 0 Å². The maximum absolute atomic E-state index is 4.61. The molecule has 0 fully saturated rings. The molecule has 0 amide bonds. The molecule has 90 valence electrons. The van der Waals surface area contributed by atoms with Gasteiger partial charge in [-0.2, -0.15) is 0 Å². The molecule has 0 saturated carbocycles. The Kier molecular flexibility index (Phi) is 4.64. The van der Waals surface area contributed by atoms with Gasteiger partial charge in [0.15, 0.2) is 0 Å². The fourth-order valence-corrected chi connectivity index (χ4v) is 2.47. The van der Waals surface area contributed by atoms with E-state index in [9.17, 15) is 0 Å². The third kappa shape index (κ3) is 3.61. The number of hydrogen-bond acceptors (Lipinski definition) is 4. The van der Waals surface area contributed by atoms with E-state index in [4.69, 9.17) is 0 Å². The smallest absolute Gasteiger partial charge is 0.0998 e. The predicted octanol–water partition coefficient (Wildman–Crippen LogP) is 2.75. The summed E-state index contributed by atoms with van der Waals surface area (Å²) in [5, 5.41) is 6.46. The van der Waals surface area contributed by atoms with E-state index in [1.807, 2.05) is 25.2 Å². The van der Waals surface area contributed by atoms with Crippen molar-refractivity contribution in [1.82, 2.24) is 15.3 Å². The summed E-state index contributed by atoms with van der Waals surface area (Å²) >= 11 is 1.73. The molecule has 17 heavy (non-hydrogen) atoms. The molecule has 0 aromatic carbocycles. The molecular formula is C13H17N3S. The van der Waals surface area contributed by atoms with E-state index in [2.05, 4.69) is 20.7 Å². The highest BCUT2D eigenvalue weighted by Crippen LogP contribution is 2.20. The molecule has 0 bridgehead atoms. The Morgan fingerprint density at radius 3 is 2.94 bits per heavy atom. The van der Waals surface area contributed by atoms with Crippen LogP contribution < -0.4 is 5.32 Å². The SMILES string of the molecule is CNCCCCc1nc(-c2ccccn2)cs1. The lowest BCUT2D eigenvalue weighted by Crippen LogP contribution is -2.07. The van der Waals surface area contributed by atoms with Crippen molar-refractivity contribution in [1.29, 1.82) is 0 Å². The minimum atomic E-state index is 0.963. The summed E-state index contributed by atoms with van der Waals surface area (Å²) in [6.07, 6.45) is 5.27. The Balaban J connectivity index is 1.92. The number of nitrogens with zero attached hydrogens (tertiary/aromatic N) is 2. The lowest BCUT2D eigenvalue weighted by atomic mass is 10.2. The Labute approximate surface area is 106 Å². The molecule has 0 aliphatic rings. The van der Waals surface area contributed by atoms with Gasteiger partial charge in [0.2, 0.25) is 0 Å². The van der Waals surface area contributed by atoms with Crippen LogP contribution in [0.3, 0.4) is 0 Å². The Morgan fingerprint density at radius 2 is 2.18 bits per heavy atom. The standard InChI is InChI=1S/C13H17N3S/c1-14-8-4-3-7-13-16-12(10-17-13)11-6-2-5-9-15-11/h2,5-6,9-10,14H,3-4,7-8H2,1H3. The van der Waals surface area contributed by atoms with Gasteiger partial charge in [0.25, 0.3) is 0 Å². The molecule has 2 rings (SSSR count). The van der Waals surface area contributed by atoms with Crippen LogP contribution >= 0.6 is 11.3 Å². The first-order chi connectivity index (χ1) is 8.40. The number of pyridine rings is 1. The molecule has 0 unspecified atom stereocenters. The zero-order valence-corrected chi connectivity index (χ0v) is 10.8. The summed E-state index contributed by atoms with van der Waals surface area (Å²) in [5.74, 6) is 0. The van der Waals surface area contributed by atoms with Gasteiger partial charge < -0.3 is 5.32 Å². The van der Waals surface area contributed by atoms with Gasteiger partial charge in [0.05, 0.1) is 16.4 Å². The van der Waals surface area contributed by atoms with Crippen LogP contribution in [0, 0.1) is 0 Å². The average molecular weight is 247 g/mol. The van der Waals surface area contributed by atoms with Crippen LogP contribution in [0.1, 0.15) is 17.8 Å². The minimum Gasteiger partial charge on any atom is -0.320 e. The molecule has 2 aromatic heterocycles. The first-order valence-electron chi connectivity index (χ1n) is 5.90. The Morgan fingerprint density at radius 1 is 1.24 bits per heavy atom. The number of aryl methyl sites for hydroxylation is 1. The maximum Gasteiger partial charge on any atom is 0.0998 e. The molecule has 0 saturated heterocycles. The molecule has 1 N–H and O–H groups in total. The largest absolute Gasteiger partial charge is 0.320 e. The van der Waals surface area contributed by atoms with Crippen molar-refractivity contribution >= 4 is 11.3 Å². The average Bonchev–Trinajstić information content (AvgIpc) is 2.85. The first-order valence-corrected chi connectivity index (χ1v) is 6.78. The van der Waals surface area contributed by atoms with Gasteiger partial charge in [-0.05, 0) is 45.0 Å². The number of nitrogens with one attached hydrogen (secondary N) is 1. The predicted molar refractivity (Wildman–Crippen MR) is 72.2 cm³/mol. The van der Waals surface area contributed by atoms with E-state index in [0.29, 0.717) is 0 Å². The highest BCUT2D eigenvalue weighted by Gasteiger charge is 2.04. The van der Waals surface area contributed by atoms with Crippen LogP contribution in [-0.4, -0.2) is 23.6 Å². The van der Waals surface area contributed by atoms with Crippen LogP contribution in [-0.2, 0) is 6.42 Å². The van der Waals surface area contributed by atoms with Crippen molar-refractivity contribution in [3.63, 3.8) is 0 Å². The highest BCUT2D eigenvalue weighted by molar-refractivity contribution is 7.09. The molecular weight excluding hydrogens is 230 g/mol. The Hall–Kier alpha value is -1.26. The zero-order chi connectivity index (χ0) is 11.9. The number of hydrogen-bond donors (Lipinski definition) is 1. The van der Waals surface area contributed by atoms with Crippen LogP contribution in [0.15, 0.2) is 29.8 Å². The maximum atomic E-state index is 4.61. The number of thiazole rings is 1. The number of unbranched alkanes of at least 4 members (excludes halogenated alkanes) is 1. The van der Waals surface area contributed by atoms with Crippen LogP contribution in [0.25, 0.3) is 11.4 Å². The van der Waals surface area contributed by atoms with Crippen LogP contribution in [0.2, 0.25) is 0 Å². The third-order valence-corrected chi connectivity index (χ3v) is 3.46. The van der Waals surface area contributed by atoms with Gasteiger partial charge in [-0.25, -0.2) is 4.98 Å². The summed E-state index contributed by atoms with van der Waals surface area (Å²) in [5.41, 5.74) is 1.96. The quantitative estimate of drug-likeness (QED) is 0.798. The second-order valence-corrected chi connectivity index (χ2v) is 4.84. The van der Waals surface area contributed by atoms with Crippen LogP contribution in [0.5, 0.6) is 0 Å². The van der Waals surface area contributed by atoms with Crippen molar-refractivity contribution in [3.8, 4) is 11.4 Å². The van der Waals surface area contributed by atoms with E-state index in [1.54, 1.807) is 17.5 Å². The van der Waals surface area contributed by atoms with Gasteiger partial charge >= 0.3 is 0 Å². The third-order valence-electron chi connectivity index (χ3n) is 2.55. The van der Waals surface area contributed by atoms with Crippen molar-refractivity contribution in [2.45, 2.75) is 19.3 Å². The molecule has 0 spiro atoms. The molecule has 3 nitrogen and oxygen atoms in total. The zero-order valence-electron chi connectivity index (χ0n) is 10.0. The fourth-order valence-electron chi connectivity index (χ4n) is 1.64. The van der Waals surface area contributed by atoms with Gasteiger partial charge in [0.1, 0.15) is 0 Å². The van der Waals surface area contributed by atoms with E-state index in [-0.39, 0.29) is 0 Å². The summed E-state index contributed by atoms with van der Waals surface area (Å²) in [6, 6.07) is 5.92. The molecule has 0 aliphatic carbocycles. The molecule has 0 atom stereocenters. The van der Waals surface area contributed by atoms with Crippen molar-refractivity contribution in [3.05, 3.63) is 34.8 Å². The summed E-state index contributed by atoms with van der Waals surface area (Å²) < 4.78 is 0. The fraction of sp³-hybridized carbons (Fsp3) is 0.385. The van der Waals surface area contributed by atoms with Crippen LogP contribution in [0.4, 0.5) is 0 Å². The van der Waals surface area contributed by atoms with E-state index in [0.717, 1.165) is 24.4 Å². The highest BCUT2D eigenvalue weighted by atomic mass is 32.1. The van der Waals surface area contributed by atoms with E-state index in [1.165, 1.54) is 17.8 Å². The second-order valence-electron chi connectivity index (χ2n) is 3.90. The van der Waals surface area contributed by atoms with Crippen molar-refractivity contribution in [2.24, 2.45) is 0 Å². The monoisotopic (exact) mass is 247 g/mol. The lowest BCUT2D eigenvalue weighted by Gasteiger charge is -1.97.